The molecule has 0 unspecified atom stereocenters. The van der Waals surface area contributed by atoms with E-state index < -0.39 is 34.8 Å². The van der Waals surface area contributed by atoms with E-state index in [-0.39, 0.29) is 11.3 Å². The Labute approximate surface area is 118 Å². The van der Waals surface area contributed by atoms with Crippen molar-refractivity contribution in [2.75, 3.05) is 5.32 Å². The van der Waals surface area contributed by atoms with Crippen LogP contribution in [0.15, 0.2) is 36.4 Å². The molecule has 7 heteroatoms. The molecule has 0 radical (unpaired) electrons. The lowest BCUT2D eigenvalue weighted by molar-refractivity contribution is 0.0691. The molecule has 0 saturated heterocycles. The van der Waals surface area contributed by atoms with Gasteiger partial charge in [-0.1, -0.05) is 6.07 Å². The number of anilines is 1. The molecule has 0 saturated carbocycles. The highest BCUT2D eigenvalue weighted by molar-refractivity contribution is 6.07. The fourth-order valence-corrected chi connectivity index (χ4v) is 1.68. The number of carboxylic acids is 1. The number of hydrogen-bond donors (Lipinski definition) is 4. The number of rotatable bonds is 3. The van der Waals surface area contributed by atoms with Gasteiger partial charge in [0.15, 0.2) is 11.5 Å². The van der Waals surface area contributed by atoms with Gasteiger partial charge in [-0.05, 0) is 30.3 Å². The van der Waals surface area contributed by atoms with Gasteiger partial charge in [0.25, 0.3) is 5.91 Å². The number of benzene rings is 2. The average molecular weight is 291 g/mol. The van der Waals surface area contributed by atoms with Crippen LogP contribution in [0.5, 0.6) is 11.5 Å². The second-order valence-corrected chi connectivity index (χ2v) is 4.13. The van der Waals surface area contributed by atoms with Gasteiger partial charge in [-0.3, -0.25) is 4.79 Å². The summed E-state index contributed by atoms with van der Waals surface area (Å²) in [6.45, 7) is 0. The Morgan fingerprint density at radius 3 is 2.43 bits per heavy atom. The van der Waals surface area contributed by atoms with Gasteiger partial charge in [0.05, 0.1) is 11.1 Å². The maximum Gasteiger partial charge on any atom is 0.338 e. The van der Waals surface area contributed by atoms with Crippen molar-refractivity contribution >= 4 is 17.6 Å². The van der Waals surface area contributed by atoms with E-state index in [9.17, 15) is 24.2 Å². The Kier molecular flexibility index (Phi) is 3.75. The lowest BCUT2D eigenvalue weighted by Gasteiger charge is -2.08. The molecule has 1 amide bonds. The number of carbonyl (C=O) groups is 2. The summed E-state index contributed by atoms with van der Waals surface area (Å²) in [7, 11) is 0. The SMILES string of the molecule is O=C(O)c1cc(NC(=O)c2cccc(O)c2O)ccc1F. The third-order valence-electron chi connectivity index (χ3n) is 2.71. The van der Waals surface area contributed by atoms with E-state index in [0.29, 0.717) is 0 Å². The van der Waals surface area contributed by atoms with Crippen molar-refractivity contribution in [2.24, 2.45) is 0 Å². The Bertz CT molecular complexity index is 729. The van der Waals surface area contributed by atoms with Crippen LogP contribution < -0.4 is 5.32 Å². The minimum atomic E-state index is -1.47. The molecule has 0 bridgehead atoms. The van der Waals surface area contributed by atoms with E-state index in [4.69, 9.17) is 5.11 Å². The second-order valence-electron chi connectivity index (χ2n) is 4.13. The summed E-state index contributed by atoms with van der Waals surface area (Å²) < 4.78 is 13.2. The molecule has 6 nitrogen and oxygen atoms in total. The fraction of sp³-hybridized carbons (Fsp3) is 0. The topological polar surface area (TPSA) is 107 Å². The zero-order valence-electron chi connectivity index (χ0n) is 10.5. The van der Waals surface area contributed by atoms with Crippen LogP contribution in [0.1, 0.15) is 20.7 Å². The number of carboxylic acid groups (broad SMARTS) is 1. The maximum atomic E-state index is 13.2. The third kappa shape index (κ3) is 2.92. The van der Waals surface area contributed by atoms with Crippen molar-refractivity contribution in [3.8, 4) is 11.5 Å². The van der Waals surface area contributed by atoms with Gasteiger partial charge in [-0.2, -0.15) is 0 Å². The standard InChI is InChI=1S/C14H10FNO5/c15-10-5-4-7(6-9(10)14(20)21)16-13(19)8-2-1-3-11(17)12(8)18/h1-6,17-18H,(H,16,19)(H,20,21). The van der Waals surface area contributed by atoms with E-state index in [1.807, 2.05) is 0 Å². The molecular formula is C14H10FNO5. The summed E-state index contributed by atoms with van der Waals surface area (Å²) in [4.78, 5) is 22.7. The quantitative estimate of drug-likeness (QED) is 0.648. The van der Waals surface area contributed by atoms with E-state index in [2.05, 4.69) is 5.32 Å². The number of halogens is 1. The largest absolute Gasteiger partial charge is 0.504 e. The first-order chi connectivity index (χ1) is 9.90. The summed E-state index contributed by atoms with van der Waals surface area (Å²) in [5, 5.41) is 30.0. The summed E-state index contributed by atoms with van der Waals surface area (Å²) in [5.74, 6) is -4.24. The number of carbonyl (C=O) groups excluding carboxylic acids is 1. The summed E-state index contributed by atoms with van der Waals surface area (Å²) in [6, 6.07) is 6.87. The molecule has 0 aliphatic rings. The Balaban J connectivity index is 2.30. The van der Waals surface area contributed by atoms with Crippen molar-refractivity contribution in [2.45, 2.75) is 0 Å². The molecule has 4 N–H and O–H groups in total. The smallest absolute Gasteiger partial charge is 0.338 e. The molecule has 2 rings (SSSR count). The number of aromatic carboxylic acids is 1. The monoisotopic (exact) mass is 291 g/mol. The molecule has 21 heavy (non-hydrogen) atoms. The van der Waals surface area contributed by atoms with Crippen molar-refractivity contribution < 1.29 is 29.3 Å². The van der Waals surface area contributed by atoms with Gasteiger partial charge in [-0.25, -0.2) is 9.18 Å². The molecule has 0 aliphatic heterocycles. The molecule has 0 fully saturated rings. The highest BCUT2D eigenvalue weighted by Crippen LogP contribution is 2.28. The highest BCUT2D eigenvalue weighted by atomic mass is 19.1. The molecule has 0 aromatic heterocycles. The normalized spacial score (nSPS) is 10.1. The maximum absolute atomic E-state index is 13.2. The van der Waals surface area contributed by atoms with Crippen LogP contribution in [0.2, 0.25) is 0 Å². The average Bonchev–Trinajstić information content (AvgIpc) is 2.43. The van der Waals surface area contributed by atoms with Gasteiger partial charge in [-0.15, -0.1) is 0 Å². The van der Waals surface area contributed by atoms with Gasteiger partial charge in [0, 0.05) is 5.69 Å². The number of phenols is 2. The van der Waals surface area contributed by atoms with Gasteiger partial charge in [0.2, 0.25) is 0 Å². The van der Waals surface area contributed by atoms with Crippen LogP contribution in [0.4, 0.5) is 10.1 Å². The number of nitrogens with one attached hydrogen (secondary N) is 1. The number of phenolic OH excluding ortho intramolecular Hbond substituents is 2. The first-order valence-corrected chi connectivity index (χ1v) is 5.75. The number of aromatic hydroxyl groups is 2. The Hall–Kier alpha value is -3.09. The lowest BCUT2D eigenvalue weighted by Crippen LogP contribution is -2.13. The van der Waals surface area contributed by atoms with Gasteiger partial charge in [0.1, 0.15) is 5.82 Å². The van der Waals surface area contributed by atoms with Crippen LogP contribution in [0.3, 0.4) is 0 Å². The van der Waals surface area contributed by atoms with Crippen molar-refractivity contribution in [1.29, 1.82) is 0 Å². The third-order valence-corrected chi connectivity index (χ3v) is 2.71. The second kappa shape index (κ2) is 5.49. The molecule has 0 atom stereocenters. The van der Waals surface area contributed by atoms with E-state index in [0.717, 1.165) is 12.1 Å². The minimum Gasteiger partial charge on any atom is -0.504 e. The fourth-order valence-electron chi connectivity index (χ4n) is 1.68. The van der Waals surface area contributed by atoms with Crippen LogP contribution in [-0.2, 0) is 0 Å². The predicted molar refractivity (Wildman–Crippen MR) is 71.1 cm³/mol. The van der Waals surface area contributed by atoms with Crippen molar-refractivity contribution in [1.82, 2.24) is 0 Å². The molecular weight excluding hydrogens is 281 g/mol. The molecule has 0 spiro atoms. The summed E-state index contributed by atoms with van der Waals surface area (Å²) in [6.07, 6.45) is 0. The molecule has 2 aromatic carbocycles. The van der Waals surface area contributed by atoms with Gasteiger partial charge < -0.3 is 20.6 Å². The van der Waals surface area contributed by atoms with E-state index >= 15 is 0 Å². The van der Waals surface area contributed by atoms with E-state index in [1.165, 1.54) is 24.3 Å². The first kappa shape index (κ1) is 14.3. The Morgan fingerprint density at radius 2 is 1.76 bits per heavy atom. The molecule has 0 heterocycles. The molecule has 0 aliphatic carbocycles. The van der Waals surface area contributed by atoms with Crippen LogP contribution in [0, 0.1) is 5.82 Å². The summed E-state index contributed by atoms with van der Waals surface area (Å²) >= 11 is 0. The number of hydrogen-bond acceptors (Lipinski definition) is 4. The predicted octanol–water partition coefficient (Wildman–Crippen LogP) is 2.19. The molecule has 108 valence electrons. The Morgan fingerprint density at radius 1 is 1.05 bits per heavy atom. The zero-order valence-corrected chi connectivity index (χ0v) is 10.5. The van der Waals surface area contributed by atoms with Crippen LogP contribution in [-0.4, -0.2) is 27.2 Å². The van der Waals surface area contributed by atoms with E-state index in [1.54, 1.807) is 0 Å². The van der Waals surface area contributed by atoms with Gasteiger partial charge >= 0.3 is 5.97 Å². The number of para-hydroxylation sites is 1. The minimum absolute atomic E-state index is 0.0431. The van der Waals surface area contributed by atoms with Crippen molar-refractivity contribution in [3.63, 3.8) is 0 Å². The molecule has 2 aromatic rings. The van der Waals surface area contributed by atoms with Crippen molar-refractivity contribution in [3.05, 3.63) is 53.3 Å². The number of amides is 1. The van der Waals surface area contributed by atoms with Crippen LogP contribution in [0.25, 0.3) is 0 Å². The summed E-state index contributed by atoms with van der Waals surface area (Å²) in [5.41, 5.74) is -0.745. The zero-order chi connectivity index (χ0) is 15.6. The highest BCUT2D eigenvalue weighted by Gasteiger charge is 2.16. The lowest BCUT2D eigenvalue weighted by atomic mass is 10.1. The first-order valence-electron chi connectivity index (χ1n) is 5.75. The van der Waals surface area contributed by atoms with Crippen LogP contribution >= 0.6 is 0 Å².